The zero-order valence-electron chi connectivity index (χ0n) is 17.8. The molecule has 6 nitrogen and oxygen atoms in total. The van der Waals surface area contributed by atoms with Gasteiger partial charge in [0.15, 0.2) is 5.82 Å². The molecule has 0 amide bonds. The topological polar surface area (TPSA) is 71.1 Å². The molecule has 1 N–H and O–H groups in total. The number of hydrogen-bond acceptors (Lipinski definition) is 6. The zero-order valence-corrected chi connectivity index (χ0v) is 18.6. The van der Waals surface area contributed by atoms with E-state index in [9.17, 15) is 18.0 Å². The Kier molecular flexibility index (Phi) is 5.93. The van der Waals surface area contributed by atoms with Crippen LogP contribution in [0, 0.1) is 0 Å². The van der Waals surface area contributed by atoms with Gasteiger partial charge in [0.05, 0.1) is 21.8 Å². The summed E-state index contributed by atoms with van der Waals surface area (Å²) in [6.45, 7) is 1.84. The Balaban J connectivity index is 1.28. The summed E-state index contributed by atoms with van der Waals surface area (Å²) in [6.07, 6.45) is -2.37. The Morgan fingerprint density at radius 1 is 1.15 bits per heavy atom. The maximum atomic E-state index is 12.7. The summed E-state index contributed by atoms with van der Waals surface area (Å²) in [4.78, 5) is 27.7. The van der Waals surface area contributed by atoms with E-state index in [1.807, 2.05) is 23.6 Å². The molecule has 3 aromatic heterocycles. The molecule has 0 saturated carbocycles. The first-order valence-electron chi connectivity index (χ1n) is 10.5. The largest absolute Gasteiger partial charge is 0.573 e. The first-order chi connectivity index (χ1) is 16.3. The Bertz CT molecular complexity index is 1350. The highest BCUT2D eigenvalue weighted by Crippen LogP contribution is 2.28. The van der Waals surface area contributed by atoms with Crippen LogP contribution in [0.2, 0.25) is 0 Å². The quantitative estimate of drug-likeness (QED) is 0.431. The van der Waals surface area contributed by atoms with Crippen LogP contribution in [0.1, 0.15) is 16.8 Å². The van der Waals surface area contributed by atoms with Gasteiger partial charge in [-0.15, -0.1) is 24.5 Å². The van der Waals surface area contributed by atoms with E-state index in [2.05, 4.69) is 24.6 Å². The summed E-state index contributed by atoms with van der Waals surface area (Å²) < 4.78 is 41.4. The number of aromatic amines is 1. The van der Waals surface area contributed by atoms with Crippen LogP contribution in [-0.4, -0.2) is 32.8 Å². The van der Waals surface area contributed by atoms with E-state index < -0.39 is 6.36 Å². The van der Waals surface area contributed by atoms with Crippen molar-refractivity contribution >= 4 is 11.3 Å². The fraction of sp³-hybridized carbons (Fsp3) is 0.208. The van der Waals surface area contributed by atoms with Gasteiger partial charge in [0.25, 0.3) is 5.56 Å². The van der Waals surface area contributed by atoms with Gasteiger partial charge in [-0.3, -0.25) is 14.7 Å². The van der Waals surface area contributed by atoms with Crippen LogP contribution >= 0.6 is 11.3 Å². The van der Waals surface area contributed by atoms with Crippen LogP contribution < -0.4 is 10.3 Å². The van der Waals surface area contributed by atoms with Crippen LogP contribution in [0.15, 0.2) is 64.9 Å². The van der Waals surface area contributed by atoms with Gasteiger partial charge in [-0.1, -0.05) is 24.3 Å². The van der Waals surface area contributed by atoms with Crippen molar-refractivity contribution in [3.63, 3.8) is 0 Å². The lowest BCUT2D eigenvalue weighted by atomic mass is 10.1. The lowest BCUT2D eigenvalue weighted by Gasteiger charge is -2.27. The molecule has 0 spiro atoms. The Labute approximate surface area is 196 Å². The molecule has 0 saturated heterocycles. The molecule has 10 heteroatoms. The second kappa shape index (κ2) is 9.03. The number of hydrogen-bond donors (Lipinski definition) is 1. The van der Waals surface area contributed by atoms with Crippen LogP contribution in [0.5, 0.6) is 5.75 Å². The van der Waals surface area contributed by atoms with Crippen molar-refractivity contribution in [1.29, 1.82) is 0 Å². The molecular formula is C24H19F3N4O2S. The van der Waals surface area contributed by atoms with E-state index in [-0.39, 0.29) is 11.3 Å². The number of pyridine rings is 1. The number of rotatable bonds is 5. The number of ether oxygens (including phenoxy) is 1. The first kappa shape index (κ1) is 22.3. The minimum atomic E-state index is -4.74. The van der Waals surface area contributed by atoms with Gasteiger partial charge >= 0.3 is 6.36 Å². The lowest BCUT2D eigenvalue weighted by Crippen LogP contribution is -2.35. The van der Waals surface area contributed by atoms with Crippen LogP contribution in [-0.2, 0) is 19.5 Å². The van der Waals surface area contributed by atoms with Gasteiger partial charge < -0.3 is 9.72 Å². The summed E-state index contributed by atoms with van der Waals surface area (Å²) in [5.74, 6) is 0.320. The van der Waals surface area contributed by atoms with Gasteiger partial charge in [0.1, 0.15) is 5.75 Å². The van der Waals surface area contributed by atoms with Crippen molar-refractivity contribution in [3.8, 4) is 27.7 Å². The van der Waals surface area contributed by atoms with E-state index in [4.69, 9.17) is 0 Å². The molecule has 1 aliphatic heterocycles. The predicted octanol–water partition coefficient (Wildman–Crippen LogP) is 5.02. The molecule has 174 valence electrons. The minimum Gasteiger partial charge on any atom is -0.406 e. The van der Waals surface area contributed by atoms with Crippen LogP contribution in [0.25, 0.3) is 22.0 Å². The molecule has 0 radical (unpaired) electrons. The number of H-pyrrole nitrogens is 1. The number of fused-ring (bicyclic) bond motifs is 1. The molecule has 0 fully saturated rings. The van der Waals surface area contributed by atoms with E-state index in [1.54, 1.807) is 18.3 Å². The Hall–Kier alpha value is -3.50. The van der Waals surface area contributed by atoms with Crippen molar-refractivity contribution in [1.82, 2.24) is 19.9 Å². The number of halogens is 3. The highest BCUT2D eigenvalue weighted by Gasteiger charge is 2.31. The second-order valence-electron chi connectivity index (χ2n) is 7.91. The molecule has 0 atom stereocenters. The smallest absolute Gasteiger partial charge is 0.406 e. The van der Waals surface area contributed by atoms with Crippen LogP contribution in [0.4, 0.5) is 13.2 Å². The fourth-order valence-corrected chi connectivity index (χ4v) is 4.61. The normalized spacial score (nSPS) is 14.1. The van der Waals surface area contributed by atoms with Crippen molar-refractivity contribution < 1.29 is 17.9 Å². The Morgan fingerprint density at radius 2 is 2.03 bits per heavy atom. The summed E-state index contributed by atoms with van der Waals surface area (Å²) >= 11 is 1.53. The van der Waals surface area contributed by atoms with E-state index in [0.717, 1.165) is 22.7 Å². The summed E-state index contributed by atoms with van der Waals surface area (Å²) in [5.41, 5.74) is 3.40. The third-order valence-corrected chi connectivity index (χ3v) is 6.37. The molecule has 1 aromatic carbocycles. The maximum Gasteiger partial charge on any atom is 0.573 e. The number of aromatic nitrogens is 3. The van der Waals surface area contributed by atoms with E-state index in [1.165, 1.54) is 29.5 Å². The predicted molar refractivity (Wildman–Crippen MR) is 122 cm³/mol. The zero-order chi connectivity index (χ0) is 23.7. The van der Waals surface area contributed by atoms with Gasteiger partial charge in [0.2, 0.25) is 0 Å². The molecular weight excluding hydrogens is 465 g/mol. The molecule has 1 aliphatic rings. The third-order valence-electron chi connectivity index (χ3n) is 5.50. The van der Waals surface area contributed by atoms with Gasteiger partial charge in [-0.05, 0) is 35.2 Å². The SMILES string of the molecule is O=c1[nH]c(-c2cccs2)nc2c1CN(Cc1ccc(-c3cccc(OC(F)(F)F)c3)nc1)CC2. The second-order valence-corrected chi connectivity index (χ2v) is 8.85. The van der Waals surface area contributed by atoms with Crippen molar-refractivity contribution in [2.45, 2.75) is 25.9 Å². The summed E-state index contributed by atoms with van der Waals surface area (Å²) in [6, 6.07) is 13.2. The van der Waals surface area contributed by atoms with Gasteiger partial charge in [-0.25, -0.2) is 4.98 Å². The number of alkyl halides is 3. The molecule has 34 heavy (non-hydrogen) atoms. The average Bonchev–Trinajstić information content (AvgIpc) is 3.34. The van der Waals surface area contributed by atoms with E-state index >= 15 is 0 Å². The highest BCUT2D eigenvalue weighted by atomic mass is 32.1. The van der Waals surface area contributed by atoms with Crippen molar-refractivity contribution in [3.05, 3.63) is 87.3 Å². The molecule has 4 aromatic rings. The number of thiophene rings is 1. The van der Waals surface area contributed by atoms with Gasteiger partial charge in [-0.2, -0.15) is 0 Å². The molecule has 0 bridgehead atoms. The van der Waals surface area contributed by atoms with Crippen molar-refractivity contribution in [2.24, 2.45) is 0 Å². The summed E-state index contributed by atoms with van der Waals surface area (Å²) in [7, 11) is 0. The molecule has 0 unspecified atom stereocenters. The molecule has 0 aliphatic carbocycles. The Morgan fingerprint density at radius 3 is 2.76 bits per heavy atom. The third kappa shape index (κ3) is 5.02. The standard InChI is InChI=1S/C24H19F3N4O2S/c25-24(26,27)33-17-4-1-3-16(11-17)19-7-6-15(12-28-19)13-31-9-8-20-18(14-31)23(32)30-22(29-20)21-5-2-10-34-21/h1-7,10-12H,8-9,13-14H2,(H,29,30,32). The number of nitrogens with zero attached hydrogens (tertiary/aromatic N) is 3. The highest BCUT2D eigenvalue weighted by molar-refractivity contribution is 7.13. The number of nitrogens with one attached hydrogen (secondary N) is 1. The fourth-order valence-electron chi connectivity index (χ4n) is 3.95. The van der Waals surface area contributed by atoms with Crippen LogP contribution in [0.3, 0.4) is 0 Å². The minimum absolute atomic E-state index is 0.118. The monoisotopic (exact) mass is 484 g/mol. The number of benzene rings is 1. The first-order valence-corrected chi connectivity index (χ1v) is 11.4. The lowest BCUT2D eigenvalue weighted by molar-refractivity contribution is -0.274. The summed E-state index contributed by atoms with van der Waals surface area (Å²) in [5, 5.41) is 1.95. The van der Waals surface area contributed by atoms with Gasteiger partial charge in [0, 0.05) is 37.8 Å². The average molecular weight is 485 g/mol. The molecule has 4 heterocycles. The van der Waals surface area contributed by atoms with E-state index in [0.29, 0.717) is 42.2 Å². The maximum absolute atomic E-state index is 12.7. The van der Waals surface area contributed by atoms with Crippen molar-refractivity contribution in [2.75, 3.05) is 6.54 Å². The molecule has 5 rings (SSSR count).